The van der Waals surface area contributed by atoms with Crippen molar-refractivity contribution in [3.8, 4) is 28.0 Å². The van der Waals surface area contributed by atoms with Crippen LogP contribution in [0.3, 0.4) is 0 Å². The highest BCUT2D eigenvalue weighted by Gasteiger charge is 2.16. The maximum absolute atomic E-state index is 15.1. The molecule has 0 saturated heterocycles. The molecule has 0 heterocycles. The third-order valence-corrected chi connectivity index (χ3v) is 7.35. The average Bonchev–Trinajstić information content (AvgIpc) is 2.94. The van der Waals surface area contributed by atoms with E-state index in [0.29, 0.717) is 23.3 Å². The maximum Gasteiger partial charge on any atom is 0.167 e. The van der Waals surface area contributed by atoms with E-state index in [0.717, 1.165) is 25.0 Å². The molecule has 3 aromatic carbocycles. The lowest BCUT2D eigenvalue weighted by molar-refractivity contribution is 0.304. The van der Waals surface area contributed by atoms with Gasteiger partial charge in [0.2, 0.25) is 0 Å². The lowest BCUT2D eigenvalue weighted by Gasteiger charge is -2.11. The summed E-state index contributed by atoms with van der Waals surface area (Å²) in [5.74, 6) is -0.850. The number of aryl methyl sites for hydroxylation is 1. The van der Waals surface area contributed by atoms with Crippen LogP contribution in [0.4, 0.5) is 8.78 Å². The fraction of sp³-hybridized carbons (Fsp3) is 0.486. The molecule has 0 aliphatic carbocycles. The van der Waals surface area contributed by atoms with Crippen LogP contribution in [0.25, 0.3) is 22.3 Å². The molecule has 0 atom stereocenters. The molecule has 3 aromatic rings. The van der Waals surface area contributed by atoms with E-state index in [1.807, 2.05) is 36.4 Å². The zero-order valence-electron chi connectivity index (χ0n) is 23.5. The van der Waals surface area contributed by atoms with Gasteiger partial charge in [0, 0.05) is 11.1 Å². The molecule has 0 radical (unpaired) electrons. The lowest BCUT2D eigenvalue weighted by atomic mass is 9.97. The van der Waals surface area contributed by atoms with Crippen molar-refractivity contribution in [2.75, 3.05) is 6.61 Å². The van der Waals surface area contributed by atoms with Gasteiger partial charge >= 0.3 is 0 Å². The molecular formula is C35H46F2O. The van der Waals surface area contributed by atoms with E-state index in [-0.39, 0.29) is 5.56 Å². The monoisotopic (exact) mass is 520 g/mol. The minimum atomic E-state index is -0.812. The van der Waals surface area contributed by atoms with Gasteiger partial charge in [0.1, 0.15) is 5.75 Å². The van der Waals surface area contributed by atoms with Crippen LogP contribution in [0.2, 0.25) is 0 Å². The Bertz CT molecular complexity index is 1060. The molecule has 3 rings (SSSR count). The van der Waals surface area contributed by atoms with Gasteiger partial charge in [0.25, 0.3) is 0 Å². The van der Waals surface area contributed by atoms with Crippen molar-refractivity contribution in [3.63, 3.8) is 0 Å². The Morgan fingerprint density at radius 1 is 0.500 bits per heavy atom. The summed E-state index contributed by atoms with van der Waals surface area (Å²) < 4.78 is 36.0. The van der Waals surface area contributed by atoms with E-state index in [1.165, 1.54) is 76.2 Å². The van der Waals surface area contributed by atoms with Crippen molar-refractivity contribution in [1.29, 1.82) is 0 Å². The Labute approximate surface area is 229 Å². The molecule has 3 heteroatoms. The number of hydrogen-bond donors (Lipinski definition) is 0. The van der Waals surface area contributed by atoms with Crippen LogP contribution >= 0.6 is 0 Å². The molecule has 0 unspecified atom stereocenters. The van der Waals surface area contributed by atoms with Crippen LogP contribution in [-0.4, -0.2) is 6.61 Å². The summed E-state index contributed by atoms with van der Waals surface area (Å²) in [6.45, 7) is 5.13. The Morgan fingerprint density at radius 2 is 0.947 bits per heavy atom. The standard InChI is InChI=1S/C35H46F2O/c1-3-5-7-8-9-10-11-12-13-15-27-38-31-23-21-30(22-24-31)33-26-25-32(34(36)35(33)37)29-19-17-28(18-20-29)16-14-6-4-2/h17-26H,3-16,27H2,1-2H3. The van der Waals surface area contributed by atoms with Gasteiger partial charge in [-0.3, -0.25) is 0 Å². The van der Waals surface area contributed by atoms with Gasteiger partial charge in [-0.25, -0.2) is 8.78 Å². The first-order valence-electron chi connectivity index (χ1n) is 14.9. The van der Waals surface area contributed by atoms with E-state index in [2.05, 4.69) is 13.8 Å². The van der Waals surface area contributed by atoms with E-state index in [9.17, 15) is 0 Å². The minimum Gasteiger partial charge on any atom is -0.494 e. The molecule has 0 fully saturated rings. The molecule has 0 amide bonds. The number of unbranched alkanes of at least 4 members (excludes halogenated alkanes) is 11. The van der Waals surface area contributed by atoms with Gasteiger partial charge in [0.05, 0.1) is 6.61 Å². The van der Waals surface area contributed by atoms with Gasteiger partial charge < -0.3 is 4.74 Å². The number of ether oxygens (including phenoxy) is 1. The Balaban J connectivity index is 1.46. The highest BCUT2D eigenvalue weighted by Crippen LogP contribution is 2.32. The first-order valence-corrected chi connectivity index (χ1v) is 14.9. The summed E-state index contributed by atoms with van der Waals surface area (Å²) in [4.78, 5) is 0. The van der Waals surface area contributed by atoms with E-state index >= 15 is 8.78 Å². The maximum atomic E-state index is 15.1. The van der Waals surface area contributed by atoms with Crippen molar-refractivity contribution < 1.29 is 13.5 Å². The van der Waals surface area contributed by atoms with Crippen molar-refractivity contribution in [2.24, 2.45) is 0 Å². The third kappa shape index (κ3) is 9.57. The first-order chi connectivity index (χ1) is 18.6. The first kappa shape index (κ1) is 29.9. The molecule has 38 heavy (non-hydrogen) atoms. The van der Waals surface area contributed by atoms with Crippen molar-refractivity contribution in [1.82, 2.24) is 0 Å². The van der Waals surface area contributed by atoms with Gasteiger partial charge in [-0.2, -0.15) is 0 Å². The van der Waals surface area contributed by atoms with Crippen molar-refractivity contribution in [3.05, 3.63) is 77.9 Å². The zero-order chi connectivity index (χ0) is 27.0. The quantitative estimate of drug-likeness (QED) is 0.152. The van der Waals surface area contributed by atoms with Crippen LogP contribution in [0, 0.1) is 11.6 Å². The minimum absolute atomic E-state index is 0.267. The summed E-state index contributed by atoms with van der Waals surface area (Å²) in [5.41, 5.74) is 3.13. The van der Waals surface area contributed by atoms with Crippen molar-refractivity contribution >= 4 is 0 Å². The second-order valence-electron chi connectivity index (χ2n) is 10.5. The fourth-order valence-corrected chi connectivity index (χ4v) is 4.94. The molecule has 0 saturated carbocycles. The molecule has 0 aromatic heterocycles. The molecule has 0 N–H and O–H groups in total. The lowest BCUT2D eigenvalue weighted by Crippen LogP contribution is -1.98. The van der Waals surface area contributed by atoms with Crippen LogP contribution in [-0.2, 0) is 6.42 Å². The smallest absolute Gasteiger partial charge is 0.167 e. The second kappa shape index (κ2) is 17.0. The Kier molecular flexibility index (Phi) is 13.4. The number of halogens is 2. The number of benzene rings is 3. The molecule has 0 aliphatic rings. The molecule has 0 bridgehead atoms. The largest absolute Gasteiger partial charge is 0.494 e. The summed E-state index contributed by atoms with van der Waals surface area (Å²) in [7, 11) is 0. The summed E-state index contributed by atoms with van der Waals surface area (Å²) in [5, 5.41) is 0. The zero-order valence-corrected chi connectivity index (χ0v) is 23.5. The van der Waals surface area contributed by atoms with E-state index in [1.54, 1.807) is 24.3 Å². The Hall–Kier alpha value is -2.68. The number of rotatable bonds is 18. The van der Waals surface area contributed by atoms with Crippen molar-refractivity contribution in [2.45, 2.75) is 104 Å². The Morgan fingerprint density at radius 3 is 1.47 bits per heavy atom. The molecule has 0 spiro atoms. The van der Waals surface area contributed by atoms with Gasteiger partial charge in [-0.15, -0.1) is 0 Å². The van der Waals surface area contributed by atoms with Gasteiger partial charge in [0.15, 0.2) is 11.6 Å². The average molecular weight is 521 g/mol. The topological polar surface area (TPSA) is 9.23 Å². The van der Waals surface area contributed by atoms with Crippen LogP contribution < -0.4 is 4.74 Å². The normalized spacial score (nSPS) is 11.2. The van der Waals surface area contributed by atoms with E-state index in [4.69, 9.17) is 4.74 Å². The fourth-order valence-electron chi connectivity index (χ4n) is 4.94. The molecule has 206 valence electrons. The highest BCUT2D eigenvalue weighted by molar-refractivity contribution is 5.72. The summed E-state index contributed by atoms with van der Waals surface area (Å²) in [6.07, 6.45) is 17.5. The van der Waals surface area contributed by atoms with Crippen LogP contribution in [0.5, 0.6) is 5.75 Å². The molecule has 0 aliphatic heterocycles. The van der Waals surface area contributed by atoms with Crippen LogP contribution in [0.15, 0.2) is 60.7 Å². The highest BCUT2D eigenvalue weighted by atomic mass is 19.2. The SMILES string of the molecule is CCCCCCCCCCCCOc1ccc(-c2ccc(-c3ccc(CCCCC)cc3)c(F)c2F)cc1. The molecular weight excluding hydrogens is 474 g/mol. The number of hydrogen-bond acceptors (Lipinski definition) is 1. The summed E-state index contributed by atoms with van der Waals surface area (Å²) >= 11 is 0. The predicted molar refractivity (Wildman–Crippen MR) is 158 cm³/mol. The van der Waals surface area contributed by atoms with Gasteiger partial charge in [-0.05, 0) is 48.1 Å². The summed E-state index contributed by atoms with van der Waals surface area (Å²) in [6, 6.07) is 18.4. The predicted octanol–water partition coefficient (Wildman–Crippen LogP) is 11.3. The second-order valence-corrected chi connectivity index (χ2v) is 10.5. The van der Waals surface area contributed by atoms with Crippen LogP contribution in [0.1, 0.15) is 103 Å². The van der Waals surface area contributed by atoms with E-state index < -0.39 is 11.6 Å². The molecule has 1 nitrogen and oxygen atoms in total. The van der Waals surface area contributed by atoms with Gasteiger partial charge in [-0.1, -0.05) is 133 Å². The third-order valence-electron chi connectivity index (χ3n) is 7.35.